The molecule has 0 fully saturated rings. The Morgan fingerprint density at radius 1 is 1.29 bits per heavy atom. The molecular weight excluding hydrogens is 404 g/mol. The molecule has 0 unspecified atom stereocenters. The predicted octanol–water partition coefficient (Wildman–Crippen LogP) is 2.16. The third kappa shape index (κ3) is 6.26. The molecule has 2 aromatic carbocycles. The summed E-state index contributed by atoms with van der Waals surface area (Å²) in [5.74, 6) is -0.0955. The van der Waals surface area contributed by atoms with E-state index in [1.807, 2.05) is 6.07 Å². The predicted molar refractivity (Wildman–Crippen MR) is 107 cm³/mol. The summed E-state index contributed by atoms with van der Waals surface area (Å²) < 4.78 is 30.1. The lowest BCUT2D eigenvalue weighted by Crippen LogP contribution is -2.39. The summed E-state index contributed by atoms with van der Waals surface area (Å²) in [4.78, 5) is 12.1. The average Bonchev–Trinajstić information content (AvgIpc) is 2.65. The number of ether oxygens (including phenoxy) is 1. The van der Waals surface area contributed by atoms with E-state index < -0.39 is 22.5 Å². The number of sulfonamides is 1. The van der Waals surface area contributed by atoms with Crippen LogP contribution in [0.3, 0.4) is 0 Å². The monoisotopic (exact) mass is 420 g/mol. The molecule has 0 saturated heterocycles. The molecule has 0 radical (unpaired) electrons. The van der Waals surface area contributed by atoms with Gasteiger partial charge < -0.3 is 4.74 Å². The molecule has 0 spiro atoms. The van der Waals surface area contributed by atoms with Gasteiger partial charge in [-0.2, -0.15) is 10.4 Å². The van der Waals surface area contributed by atoms with Gasteiger partial charge in [0.1, 0.15) is 18.4 Å². The van der Waals surface area contributed by atoms with Crippen LogP contribution in [0.5, 0.6) is 5.75 Å². The number of benzene rings is 2. The van der Waals surface area contributed by atoms with Crippen LogP contribution >= 0.6 is 11.6 Å². The first kappa shape index (κ1) is 21.2. The zero-order valence-corrected chi connectivity index (χ0v) is 16.4. The standard InChI is InChI=1S/C18H17ClN4O4S/c1-28(25,26)23(17-5-3-2-4-16(17)19)13-18(24)22-21-12-14-6-8-15(9-7-14)27-11-10-20/h2-9,12H,11,13H2,1H3,(H,22,24)/b21-12-. The summed E-state index contributed by atoms with van der Waals surface area (Å²) in [5, 5.41) is 12.5. The summed E-state index contributed by atoms with van der Waals surface area (Å²) in [7, 11) is -3.73. The number of hydrazone groups is 1. The van der Waals surface area contributed by atoms with Gasteiger partial charge in [-0.3, -0.25) is 9.10 Å². The lowest BCUT2D eigenvalue weighted by Gasteiger charge is -2.22. The highest BCUT2D eigenvalue weighted by Gasteiger charge is 2.22. The fourth-order valence-electron chi connectivity index (χ4n) is 2.15. The normalized spacial score (nSPS) is 11.0. The van der Waals surface area contributed by atoms with Crippen molar-refractivity contribution < 1.29 is 17.9 Å². The highest BCUT2D eigenvalue weighted by atomic mass is 35.5. The quantitative estimate of drug-likeness (QED) is 0.519. The van der Waals surface area contributed by atoms with Crippen molar-refractivity contribution in [1.82, 2.24) is 5.43 Å². The number of anilines is 1. The molecule has 0 aliphatic carbocycles. The van der Waals surface area contributed by atoms with Crippen LogP contribution in [0.15, 0.2) is 53.6 Å². The number of halogens is 1. The van der Waals surface area contributed by atoms with Crippen LogP contribution in [0.4, 0.5) is 5.69 Å². The maximum atomic E-state index is 12.1. The largest absolute Gasteiger partial charge is 0.479 e. The van der Waals surface area contributed by atoms with Crippen LogP contribution in [0.25, 0.3) is 0 Å². The van der Waals surface area contributed by atoms with Gasteiger partial charge in [0, 0.05) is 0 Å². The average molecular weight is 421 g/mol. The molecule has 0 atom stereocenters. The van der Waals surface area contributed by atoms with Gasteiger partial charge in [-0.1, -0.05) is 23.7 Å². The Morgan fingerprint density at radius 2 is 1.96 bits per heavy atom. The van der Waals surface area contributed by atoms with Crippen LogP contribution < -0.4 is 14.5 Å². The molecule has 2 aromatic rings. The van der Waals surface area contributed by atoms with Crippen molar-refractivity contribution in [3.8, 4) is 11.8 Å². The minimum absolute atomic E-state index is 0.0498. The molecule has 2 rings (SSSR count). The lowest BCUT2D eigenvalue weighted by molar-refractivity contribution is -0.119. The molecule has 0 heterocycles. The number of nitriles is 1. The molecule has 0 bridgehead atoms. The summed E-state index contributed by atoms with van der Waals surface area (Å²) in [5.41, 5.74) is 3.16. The van der Waals surface area contributed by atoms with Crippen LogP contribution in [-0.2, 0) is 14.8 Å². The first-order valence-electron chi connectivity index (χ1n) is 7.95. The van der Waals surface area contributed by atoms with Gasteiger partial charge in [0.15, 0.2) is 6.61 Å². The Bertz CT molecular complexity index is 1000. The van der Waals surface area contributed by atoms with E-state index in [0.29, 0.717) is 11.3 Å². The number of nitrogens with one attached hydrogen (secondary N) is 1. The van der Waals surface area contributed by atoms with Crippen molar-refractivity contribution in [1.29, 1.82) is 5.26 Å². The van der Waals surface area contributed by atoms with Crippen molar-refractivity contribution in [2.24, 2.45) is 5.10 Å². The molecule has 1 amide bonds. The second kappa shape index (κ2) is 9.73. The van der Waals surface area contributed by atoms with Gasteiger partial charge in [0.25, 0.3) is 5.91 Å². The third-order valence-corrected chi connectivity index (χ3v) is 4.84. The maximum Gasteiger partial charge on any atom is 0.260 e. The highest BCUT2D eigenvalue weighted by molar-refractivity contribution is 7.92. The van der Waals surface area contributed by atoms with Crippen LogP contribution in [-0.4, -0.2) is 39.9 Å². The number of rotatable bonds is 8. The number of nitrogens with zero attached hydrogens (tertiary/aromatic N) is 3. The van der Waals surface area contributed by atoms with Gasteiger partial charge in [0.05, 0.1) is 23.2 Å². The fraction of sp³-hybridized carbons (Fsp3) is 0.167. The van der Waals surface area contributed by atoms with Gasteiger partial charge in [-0.15, -0.1) is 0 Å². The Labute approximate surface area is 168 Å². The fourth-order valence-corrected chi connectivity index (χ4v) is 3.30. The Kier molecular flexibility index (Phi) is 7.37. The Balaban J connectivity index is 2.01. The van der Waals surface area contributed by atoms with E-state index in [1.165, 1.54) is 18.3 Å². The summed E-state index contributed by atoms with van der Waals surface area (Å²) in [6.07, 6.45) is 2.38. The minimum Gasteiger partial charge on any atom is -0.479 e. The Morgan fingerprint density at radius 3 is 2.57 bits per heavy atom. The zero-order valence-electron chi connectivity index (χ0n) is 14.9. The molecule has 0 aliphatic rings. The second-order valence-electron chi connectivity index (χ2n) is 5.53. The number of hydrogen-bond donors (Lipinski definition) is 1. The molecule has 0 saturated carbocycles. The number of para-hydroxylation sites is 1. The molecule has 0 aliphatic heterocycles. The summed E-state index contributed by atoms with van der Waals surface area (Å²) in [6, 6.07) is 14.9. The van der Waals surface area contributed by atoms with E-state index in [9.17, 15) is 13.2 Å². The third-order valence-electron chi connectivity index (χ3n) is 3.40. The van der Waals surface area contributed by atoms with E-state index in [2.05, 4.69) is 10.5 Å². The first-order valence-corrected chi connectivity index (χ1v) is 10.2. The van der Waals surface area contributed by atoms with Gasteiger partial charge in [-0.25, -0.2) is 13.8 Å². The van der Waals surface area contributed by atoms with Crippen LogP contribution in [0.2, 0.25) is 5.02 Å². The molecule has 8 nitrogen and oxygen atoms in total. The molecule has 1 N–H and O–H groups in total. The van der Waals surface area contributed by atoms with Crippen LogP contribution in [0.1, 0.15) is 5.56 Å². The molecule has 0 aromatic heterocycles. The van der Waals surface area contributed by atoms with E-state index >= 15 is 0 Å². The number of amides is 1. The van der Waals surface area contributed by atoms with Crippen molar-refractivity contribution in [3.05, 3.63) is 59.1 Å². The van der Waals surface area contributed by atoms with Crippen molar-refractivity contribution in [2.45, 2.75) is 0 Å². The first-order chi connectivity index (χ1) is 13.3. The van der Waals surface area contributed by atoms with Gasteiger partial charge in [-0.05, 0) is 42.0 Å². The topological polar surface area (TPSA) is 112 Å². The second-order valence-corrected chi connectivity index (χ2v) is 7.84. The van der Waals surface area contributed by atoms with Crippen molar-refractivity contribution in [3.63, 3.8) is 0 Å². The highest BCUT2D eigenvalue weighted by Crippen LogP contribution is 2.26. The number of carbonyl (C=O) groups is 1. The number of hydrogen-bond acceptors (Lipinski definition) is 6. The van der Waals surface area contributed by atoms with E-state index in [1.54, 1.807) is 36.4 Å². The molecular formula is C18H17ClN4O4S. The van der Waals surface area contributed by atoms with E-state index in [-0.39, 0.29) is 17.3 Å². The maximum absolute atomic E-state index is 12.1. The molecule has 10 heteroatoms. The SMILES string of the molecule is CS(=O)(=O)N(CC(=O)N/N=C\c1ccc(OCC#N)cc1)c1ccccc1Cl. The molecule has 28 heavy (non-hydrogen) atoms. The summed E-state index contributed by atoms with van der Waals surface area (Å²) >= 11 is 6.04. The van der Waals surface area contributed by atoms with Gasteiger partial charge >= 0.3 is 0 Å². The smallest absolute Gasteiger partial charge is 0.260 e. The van der Waals surface area contributed by atoms with E-state index in [0.717, 1.165) is 10.6 Å². The minimum atomic E-state index is -3.73. The lowest BCUT2D eigenvalue weighted by atomic mass is 10.2. The summed E-state index contributed by atoms with van der Waals surface area (Å²) in [6.45, 7) is -0.521. The van der Waals surface area contributed by atoms with Crippen molar-refractivity contribution >= 4 is 39.4 Å². The van der Waals surface area contributed by atoms with Crippen molar-refractivity contribution in [2.75, 3.05) is 23.7 Å². The molecule has 146 valence electrons. The Hall–Kier alpha value is -3.09. The van der Waals surface area contributed by atoms with Crippen LogP contribution in [0, 0.1) is 11.3 Å². The zero-order chi connectivity index (χ0) is 20.6. The number of carbonyl (C=O) groups excluding carboxylic acids is 1. The van der Waals surface area contributed by atoms with Gasteiger partial charge in [0.2, 0.25) is 10.0 Å². The van der Waals surface area contributed by atoms with E-state index in [4.69, 9.17) is 21.6 Å².